The lowest BCUT2D eigenvalue weighted by Gasteiger charge is -2.56. The van der Waals surface area contributed by atoms with Gasteiger partial charge in [-0.05, 0) is 35.7 Å². The van der Waals surface area contributed by atoms with Crippen molar-refractivity contribution >= 4 is 7.92 Å². The Kier molecular flexibility index (Phi) is 2.01. The van der Waals surface area contributed by atoms with E-state index in [2.05, 4.69) is 20.8 Å². The van der Waals surface area contributed by atoms with E-state index in [0.29, 0.717) is 11.1 Å². The molecule has 1 nitrogen and oxygen atoms in total. The monoisotopic (exact) mass is 186 g/mol. The Morgan fingerprint density at radius 1 is 1.42 bits per heavy atom. The van der Waals surface area contributed by atoms with Gasteiger partial charge in [-0.15, -0.1) is 0 Å². The Hall–Kier alpha value is 0.390. The van der Waals surface area contributed by atoms with Gasteiger partial charge in [0.25, 0.3) is 0 Å². The van der Waals surface area contributed by atoms with Gasteiger partial charge in [-0.3, -0.25) is 0 Å². The molecule has 2 aliphatic rings. The van der Waals surface area contributed by atoms with Gasteiger partial charge in [0.2, 0.25) is 0 Å². The number of aliphatic hydroxyl groups excluding tert-OH is 1. The van der Waals surface area contributed by atoms with Gasteiger partial charge in [-0.1, -0.05) is 28.7 Å². The van der Waals surface area contributed by atoms with Crippen molar-refractivity contribution in [1.29, 1.82) is 0 Å². The lowest BCUT2D eigenvalue weighted by atomic mass is 9.87. The Morgan fingerprint density at radius 2 is 2.08 bits per heavy atom. The van der Waals surface area contributed by atoms with Gasteiger partial charge in [0.05, 0.1) is 6.10 Å². The molecule has 2 heterocycles. The van der Waals surface area contributed by atoms with E-state index in [1.54, 1.807) is 0 Å². The van der Waals surface area contributed by atoms with Crippen LogP contribution < -0.4 is 0 Å². The standard InChI is InChI=1S/C10H19OP/c1-7-9(11)6-8-4-5-12(8)10(7,2)3/h7-9,11H,4-6H2,1-3H3. The third-order valence-corrected chi connectivity index (χ3v) is 8.07. The lowest BCUT2D eigenvalue weighted by Crippen LogP contribution is -2.49. The number of hydrogen-bond donors (Lipinski definition) is 1. The highest BCUT2D eigenvalue weighted by Gasteiger charge is 2.50. The molecule has 0 spiro atoms. The van der Waals surface area contributed by atoms with Gasteiger partial charge in [0.1, 0.15) is 0 Å². The first kappa shape index (κ1) is 8.97. The predicted octanol–water partition coefficient (Wildman–Crippen LogP) is 2.42. The molecule has 0 radical (unpaired) electrons. The molecule has 0 aromatic carbocycles. The molecular formula is C10H19OP. The second kappa shape index (κ2) is 2.69. The zero-order chi connectivity index (χ0) is 8.93. The minimum atomic E-state index is -0.0240. The van der Waals surface area contributed by atoms with Crippen LogP contribution in [0.25, 0.3) is 0 Å². The summed E-state index contributed by atoms with van der Waals surface area (Å²) in [5.41, 5.74) is 0.904. The van der Waals surface area contributed by atoms with E-state index in [1.807, 2.05) is 0 Å². The first-order chi connectivity index (χ1) is 5.53. The fourth-order valence-corrected chi connectivity index (χ4v) is 6.22. The molecule has 70 valence electrons. The molecular weight excluding hydrogens is 167 g/mol. The van der Waals surface area contributed by atoms with Crippen LogP contribution in [0.1, 0.15) is 33.6 Å². The summed E-state index contributed by atoms with van der Waals surface area (Å²) in [7, 11) is 0.258. The highest BCUT2D eigenvalue weighted by molar-refractivity contribution is 7.61. The third-order valence-electron chi connectivity index (χ3n) is 4.09. The Balaban J connectivity index is 2.18. The van der Waals surface area contributed by atoms with Crippen molar-refractivity contribution in [2.75, 3.05) is 6.16 Å². The van der Waals surface area contributed by atoms with Crippen molar-refractivity contribution in [3.63, 3.8) is 0 Å². The zero-order valence-corrected chi connectivity index (χ0v) is 9.14. The predicted molar refractivity (Wildman–Crippen MR) is 54.1 cm³/mol. The third kappa shape index (κ3) is 1.06. The van der Waals surface area contributed by atoms with Crippen LogP contribution in [0.2, 0.25) is 0 Å². The van der Waals surface area contributed by atoms with E-state index < -0.39 is 0 Å². The van der Waals surface area contributed by atoms with Crippen LogP contribution in [-0.2, 0) is 0 Å². The average molecular weight is 186 g/mol. The molecule has 0 saturated carbocycles. The zero-order valence-electron chi connectivity index (χ0n) is 8.25. The van der Waals surface area contributed by atoms with Crippen LogP contribution in [0.3, 0.4) is 0 Å². The van der Waals surface area contributed by atoms with E-state index in [-0.39, 0.29) is 14.0 Å². The van der Waals surface area contributed by atoms with E-state index >= 15 is 0 Å². The molecule has 0 amide bonds. The maximum absolute atomic E-state index is 9.85. The van der Waals surface area contributed by atoms with Gasteiger partial charge in [0, 0.05) is 0 Å². The molecule has 1 N–H and O–H groups in total. The molecule has 0 aromatic heterocycles. The second-order valence-corrected chi connectivity index (χ2v) is 8.15. The minimum Gasteiger partial charge on any atom is -0.393 e. The number of aliphatic hydroxyl groups is 1. The fraction of sp³-hybridized carbons (Fsp3) is 1.00. The van der Waals surface area contributed by atoms with Crippen molar-refractivity contribution in [3.05, 3.63) is 0 Å². The van der Waals surface area contributed by atoms with Crippen molar-refractivity contribution in [2.24, 2.45) is 5.92 Å². The summed E-state index contributed by atoms with van der Waals surface area (Å²) in [6.45, 7) is 6.94. The summed E-state index contributed by atoms with van der Waals surface area (Å²) in [4.78, 5) is 0. The topological polar surface area (TPSA) is 20.2 Å². The van der Waals surface area contributed by atoms with Crippen molar-refractivity contribution in [3.8, 4) is 0 Å². The lowest BCUT2D eigenvalue weighted by molar-refractivity contribution is 0.0776. The Bertz CT molecular complexity index is 182. The Morgan fingerprint density at radius 3 is 2.58 bits per heavy atom. The van der Waals surface area contributed by atoms with E-state index in [9.17, 15) is 5.11 Å². The van der Waals surface area contributed by atoms with E-state index in [4.69, 9.17) is 0 Å². The smallest absolute Gasteiger partial charge is 0.0580 e. The maximum Gasteiger partial charge on any atom is 0.0580 e. The summed E-state index contributed by atoms with van der Waals surface area (Å²) in [5.74, 6) is 0.514. The number of fused-ring (bicyclic) bond motifs is 1. The van der Waals surface area contributed by atoms with Crippen molar-refractivity contribution < 1.29 is 5.11 Å². The SMILES string of the molecule is CC1C(O)CC2CCP2C1(C)C. The molecule has 2 aliphatic heterocycles. The van der Waals surface area contributed by atoms with Gasteiger partial charge < -0.3 is 5.11 Å². The van der Waals surface area contributed by atoms with Gasteiger partial charge in [-0.2, -0.15) is 0 Å². The summed E-state index contributed by atoms with van der Waals surface area (Å²) in [5, 5.41) is 10.3. The molecule has 2 heteroatoms. The van der Waals surface area contributed by atoms with Crippen LogP contribution >= 0.6 is 7.92 Å². The molecule has 0 aliphatic carbocycles. The first-order valence-corrected chi connectivity index (χ1v) is 6.58. The molecule has 2 fully saturated rings. The van der Waals surface area contributed by atoms with Crippen LogP contribution in [-0.4, -0.2) is 28.2 Å². The summed E-state index contributed by atoms with van der Waals surface area (Å²) >= 11 is 0. The molecule has 4 unspecified atom stereocenters. The molecule has 0 aromatic rings. The van der Waals surface area contributed by atoms with Crippen LogP contribution in [0.5, 0.6) is 0 Å². The van der Waals surface area contributed by atoms with Crippen LogP contribution in [0, 0.1) is 5.92 Å². The van der Waals surface area contributed by atoms with Gasteiger partial charge >= 0.3 is 0 Å². The summed E-state index contributed by atoms with van der Waals surface area (Å²) in [6.07, 6.45) is 3.92. The average Bonchev–Trinajstić information content (AvgIpc) is 1.92. The Labute approximate surface area is 76.3 Å². The van der Waals surface area contributed by atoms with E-state index in [1.165, 1.54) is 12.6 Å². The molecule has 2 saturated heterocycles. The second-order valence-electron chi connectivity index (χ2n) is 4.88. The molecule has 12 heavy (non-hydrogen) atoms. The van der Waals surface area contributed by atoms with Gasteiger partial charge in [0.15, 0.2) is 0 Å². The van der Waals surface area contributed by atoms with Crippen molar-refractivity contribution in [2.45, 2.75) is 50.5 Å². The van der Waals surface area contributed by atoms with Crippen LogP contribution in [0.4, 0.5) is 0 Å². The normalized spacial score (nSPS) is 51.0. The summed E-state index contributed by atoms with van der Waals surface area (Å²) < 4.78 is 0. The van der Waals surface area contributed by atoms with Gasteiger partial charge in [-0.25, -0.2) is 0 Å². The molecule has 0 bridgehead atoms. The minimum absolute atomic E-state index is 0.0240. The summed E-state index contributed by atoms with van der Waals surface area (Å²) in [6, 6.07) is 0. The highest BCUT2D eigenvalue weighted by Crippen LogP contribution is 2.69. The molecule has 2 rings (SSSR count). The maximum atomic E-state index is 9.85. The van der Waals surface area contributed by atoms with Crippen LogP contribution in [0.15, 0.2) is 0 Å². The highest BCUT2D eigenvalue weighted by atomic mass is 31.1. The number of hydrogen-bond acceptors (Lipinski definition) is 1. The van der Waals surface area contributed by atoms with E-state index in [0.717, 1.165) is 12.1 Å². The van der Waals surface area contributed by atoms with Crippen molar-refractivity contribution in [1.82, 2.24) is 0 Å². The quantitative estimate of drug-likeness (QED) is 0.576. The fourth-order valence-electron chi connectivity index (χ4n) is 2.66. The number of rotatable bonds is 0. The first-order valence-electron chi connectivity index (χ1n) is 4.98. The molecule has 4 atom stereocenters. The largest absolute Gasteiger partial charge is 0.393 e.